The van der Waals surface area contributed by atoms with Gasteiger partial charge in [-0.25, -0.2) is 9.48 Å². The van der Waals surface area contributed by atoms with Crippen molar-refractivity contribution < 1.29 is 9.53 Å². The molecule has 0 radical (unpaired) electrons. The number of fused-ring (bicyclic) bond motifs is 1. The molecular weight excluding hydrogens is 314 g/mol. The molecule has 124 valence electrons. The lowest BCUT2D eigenvalue weighted by atomic mass is 10.1. The highest BCUT2D eigenvalue weighted by molar-refractivity contribution is 6.07. The van der Waals surface area contributed by atoms with Crippen LogP contribution in [0.1, 0.15) is 17.4 Å². The molecule has 0 aliphatic rings. The van der Waals surface area contributed by atoms with Crippen LogP contribution < -0.4 is 0 Å². The fraction of sp³-hybridized carbons (Fsp3) is 0.100. The van der Waals surface area contributed by atoms with E-state index in [4.69, 9.17) is 4.74 Å². The first-order valence-electron chi connectivity index (χ1n) is 8.17. The Balaban J connectivity index is 1.97. The third kappa shape index (κ3) is 2.59. The van der Waals surface area contributed by atoms with Crippen LogP contribution in [0.4, 0.5) is 0 Å². The normalized spacial score (nSPS) is 10.9. The van der Waals surface area contributed by atoms with Crippen LogP contribution in [0.5, 0.6) is 0 Å². The van der Waals surface area contributed by atoms with Gasteiger partial charge in [-0.2, -0.15) is 5.10 Å². The molecule has 0 saturated carbocycles. The number of ether oxygens (including phenoxy) is 1. The van der Waals surface area contributed by atoms with Crippen LogP contribution >= 0.6 is 0 Å². The maximum absolute atomic E-state index is 12.5. The van der Waals surface area contributed by atoms with Gasteiger partial charge in [-0.3, -0.25) is 0 Å². The molecule has 4 aromatic rings. The van der Waals surface area contributed by atoms with Gasteiger partial charge in [-0.1, -0.05) is 36.4 Å². The largest absolute Gasteiger partial charge is 0.461 e. The molecule has 2 heterocycles. The number of para-hydroxylation sites is 2. The summed E-state index contributed by atoms with van der Waals surface area (Å²) in [6.07, 6.45) is 1.74. The zero-order valence-corrected chi connectivity index (χ0v) is 13.8. The van der Waals surface area contributed by atoms with Crippen molar-refractivity contribution in [1.29, 1.82) is 0 Å². The maximum atomic E-state index is 12.5. The minimum atomic E-state index is -0.366. The van der Waals surface area contributed by atoms with Crippen LogP contribution in [-0.4, -0.2) is 27.3 Å². The number of aromatic nitrogens is 3. The second kappa shape index (κ2) is 6.28. The highest BCUT2D eigenvalue weighted by Gasteiger charge is 2.22. The molecule has 1 N–H and O–H groups in total. The van der Waals surface area contributed by atoms with E-state index in [2.05, 4.69) is 10.1 Å². The average molecular weight is 331 g/mol. The number of hydrogen-bond donors (Lipinski definition) is 1. The van der Waals surface area contributed by atoms with Gasteiger partial charge in [0.2, 0.25) is 0 Å². The number of aromatic amines is 1. The van der Waals surface area contributed by atoms with E-state index < -0.39 is 0 Å². The van der Waals surface area contributed by atoms with Gasteiger partial charge in [0, 0.05) is 16.5 Å². The molecule has 0 fully saturated rings. The van der Waals surface area contributed by atoms with E-state index in [1.807, 2.05) is 65.3 Å². The molecule has 25 heavy (non-hydrogen) atoms. The Hall–Kier alpha value is -3.34. The number of carbonyl (C=O) groups excluding carboxylic acids is 1. The summed E-state index contributed by atoms with van der Waals surface area (Å²) >= 11 is 0. The summed E-state index contributed by atoms with van der Waals surface area (Å²) in [7, 11) is 0. The number of H-pyrrole nitrogens is 1. The van der Waals surface area contributed by atoms with Gasteiger partial charge in [0.15, 0.2) is 0 Å². The Labute approximate surface area is 144 Å². The predicted octanol–water partition coefficient (Wildman–Crippen LogP) is 4.20. The average Bonchev–Trinajstić information content (AvgIpc) is 3.26. The molecule has 0 spiro atoms. The molecule has 0 unspecified atom stereocenters. The van der Waals surface area contributed by atoms with E-state index in [1.165, 1.54) is 0 Å². The number of carbonyl (C=O) groups is 1. The third-order valence-electron chi connectivity index (χ3n) is 4.09. The highest BCUT2D eigenvalue weighted by Crippen LogP contribution is 2.34. The number of rotatable bonds is 4. The van der Waals surface area contributed by atoms with Crippen LogP contribution in [0.15, 0.2) is 66.9 Å². The van der Waals surface area contributed by atoms with Crippen molar-refractivity contribution in [1.82, 2.24) is 14.8 Å². The van der Waals surface area contributed by atoms with Gasteiger partial charge in [0.25, 0.3) is 0 Å². The molecule has 2 aromatic heterocycles. The second-order valence-electron chi connectivity index (χ2n) is 5.60. The lowest BCUT2D eigenvalue weighted by molar-refractivity contribution is 0.0521. The van der Waals surface area contributed by atoms with E-state index in [1.54, 1.807) is 13.1 Å². The summed E-state index contributed by atoms with van der Waals surface area (Å²) in [5.41, 5.74) is 3.91. The van der Waals surface area contributed by atoms with Crippen molar-refractivity contribution >= 4 is 16.9 Å². The maximum Gasteiger partial charge on any atom is 0.355 e. The van der Waals surface area contributed by atoms with E-state index in [0.29, 0.717) is 12.3 Å². The first kappa shape index (κ1) is 15.2. The molecule has 0 aliphatic heterocycles. The van der Waals surface area contributed by atoms with Gasteiger partial charge in [-0.15, -0.1) is 0 Å². The van der Waals surface area contributed by atoms with E-state index in [-0.39, 0.29) is 5.97 Å². The smallest absolute Gasteiger partial charge is 0.355 e. The first-order chi connectivity index (χ1) is 12.3. The quantitative estimate of drug-likeness (QED) is 0.570. The van der Waals surface area contributed by atoms with Crippen molar-refractivity contribution in [2.24, 2.45) is 0 Å². The summed E-state index contributed by atoms with van der Waals surface area (Å²) in [5, 5.41) is 5.41. The van der Waals surface area contributed by atoms with Crippen molar-refractivity contribution in [2.45, 2.75) is 6.92 Å². The monoisotopic (exact) mass is 331 g/mol. The molecule has 4 rings (SSSR count). The minimum absolute atomic E-state index is 0.325. The van der Waals surface area contributed by atoms with Crippen LogP contribution in [0.2, 0.25) is 0 Å². The summed E-state index contributed by atoms with van der Waals surface area (Å²) in [4.78, 5) is 15.7. The Kier molecular flexibility index (Phi) is 3.82. The standard InChI is InChI=1S/C20H17N3O2/c1-2-25-20(24)19-18(15-10-6-7-11-16(15)22-19)17-12-13-21-23(17)14-8-4-3-5-9-14/h3-13,22H,2H2,1H3. The van der Waals surface area contributed by atoms with E-state index >= 15 is 0 Å². The number of hydrogen-bond acceptors (Lipinski definition) is 3. The van der Waals surface area contributed by atoms with Gasteiger partial charge < -0.3 is 9.72 Å². The Morgan fingerprint density at radius 1 is 1.08 bits per heavy atom. The molecule has 0 atom stereocenters. The number of benzene rings is 2. The van der Waals surface area contributed by atoms with Crippen LogP contribution in [-0.2, 0) is 4.74 Å². The lowest BCUT2D eigenvalue weighted by Crippen LogP contribution is -2.08. The molecule has 0 saturated heterocycles. The fourth-order valence-electron chi connectivity index (χ4n) is 3.03. The van der Waals surface area contributed by atoms with Crippen molar-refractivity contribution in [2.75, 3.05) is 6.61 Å². The number of nitrogens with one attached hydrogen (secondary N) is 1. The summed E-state index contributed by atoms with van der Waals surface area (Å²) in [5.74, 6) is -0.366. The number of nitrogens with zero attached hydrogens (tertiary/aromatic N) is 2. The lowest BCUT2D eigenvalue weighted by Gasteiger charge is -2.09. The second-order valence-corrected chi connectivity index (χ2v) is 5.60. The van der Waals surface area contributed by atoms with E-state index in [0.717, 1.165) is 27.8 Å². The first-order valence-corrected chi connectivity index (χ1v) is 8.17. The Morgan fingerprint density at radius 3 is 2.64 bits per heavy atom. The third-order valence-corrected chi connectivity index (χ3v) is 4.09. The Morgan fingerprint density at radius 2 is 1.84 bits per heavy atom. The summed E-state index contributed by atoms with van der Waals surface area (Å²) in [6, 6.07) is 19.6. The van der Waals surface area contributed by atoms with Crippen molar-refractivity contribution in [3.63, 3.8) is 0 Å². The topological polar surface area (TPSA) is 59.9 Å². The molecular formula is C20H17N3O2. The zero-order chi connectivity index (χ0) is 17.2. The van der Waals surface area contributed by atoms with Gasteiger partial charge in [0.1, 0.15) is 5.69 Å². The van der Waals surface area contributed by atoms with Crippen molar-refractivity contribution in [3.8, 4) is 16.9 Å². The molecule has 0 bridgehead atoms. The zero-order valence-electron chi connectivity index (χ0n) is 13.8. The molecule has 5 nitrogen and oxygen atoms in total. The Bertz CT molecular complexity index is 1030. The summed E-state index contributed by atoms with van der Waals surface area (Å²) < 4.78 is 7.07. The van der Waals surface area contributed by atoms with E-state index in [9.17, 15) is 4.79 Å². The fourth-order valence-corrected chi connectivity index (χ4v) is 3.03. The molecule has 0 aliphatic carbocycles. The molecule has 0 amide bonds. The van der Waals surface area contributed by atoms with Gasteiger partial charge in [-0.05, 0) is 31.2 Å². The molecule has 2 aromatic carbocycles. The van der Waals surface area contributed by atoms with Crippen LogP contribution in [0, 0.1) is 0 Å². The minimum Gasteiger partial charge on any atom is -0.461 e. The van der Waals surface area contributed by atoms with Crippen molar-refractivity contribution in [3.05, 3.63) is 72.6 Å². The predicted molar refractivity (Wildman–Crippen MR) is 96.8 cm³/mol. The number of esters is 1. The van der Waals surface area contributed by atoms with Crippen LogP contribution in [0.25, 0.3) is 27.8 Å². The SMILES string of the molecule is CCOC(=O)c1[nH]c2ccccc2c1-c1ccnn1-c1ccccc1. The highest BCUT2D eigenvalue weighted by atomic mass is 16.5. The van der Waals surface area contributed by atoms with Gasteiger partial charge >= 0.3 is 5.97 Å². The van der Waals surface area contributed by atoms with Gasteiger partial charge in [0.05, 0.1) is 24.2 Å². The molecule has 5 heteroatoms. The summed E-state index contributed by atoms with van der Waals surface area (Å²) in [6.45, 7) is 2.13. The van der Waals surface area contributed by atoms with Crippen LogP contribution in [0.3, 0.4) is 0 Å².